The van der Waals surface area contributed by atoms with Crippen LogP contribution in [0, 0.1) is 17.3 Å². The van der Waals surface area contributed by atoms with Crippen LogP contribution in [0.25, 0.3) is 0 Å². The number of ether oxygens (including phenoxy) is 2. The zero-order valence-electron chi connectivity index (χ0n) is 18.9. The van der Waals surface area contributed by atoms with Crippen molar-refractivity contribution >= 4 is 24.1 Å². The van der Waals surface area contributed by atoms with Crippen LogP contribution in [0.3, 0.4) is 0 Å². The molecule has 0 aromatic heterocycles. The van der Waals surface area contributed by atoms with E-state index in [1.807, 2.05) is 6.92 Å². The Labute approximate surface area is 179 Å². The molecule has 1 aliphatic rings. The van der Waals surface area contributed by atoms with Crippen molar-refractivity contribution in [1.29, 1.82) is 0 Å². The number of rotatable bonds is 11. The van der Waals surface area contributed by atoms with Gasteiger partial charge in [-0.05, 0) is 32.3 Å². The first kappa shape index (κ1) is 27.5. The Morgan fingerprint density at radius 3 is 2.20 bits per heavy atom. The highest BCUT2D eigenvalue weighted by molar-refractivity contribution is 6.05. The van der Waals surface area contributed by atoms with Gasteiger partial charge >= 0.3 is 5.97 Å². The molecule has 1 rings (SSSR count). The van der Waals surface area contributed by atoms with Gasteiger partial charge in [-0.25, -0.2) is 4.79 Å². The molecule has 0 aromatic carbocycles. The Hall–Kier alpha value is -2.54. The Balaban J connectivity index is 0.00000150. The second-order valence-corrected chi connectivity index (χ2v) is 7.70. The first-order chi connectivity index (χ1) is 14.0. The summed E-state index contributed by atoms with van der Waals surface area (Å²) >= 11 is 0. The number of carbonyl (C=O) groups excluding carboxylic acids is 4. The highest BCUT2D eigenvalue weighted by Crippen LogP contribution is 2.42. The topological polar surface area (TPSA) is 90.0 Å². The van der Waals surface area contributed by atoms with Gasteiger partial charge in [-0.3, -0.25) is 19.3 Å². The summed E-state index contributed by atoms with van der Waals surface area (Å²) in [5.41, 5.74) is 0.0348. The molecule has 1 saturated heterocycles. The van der Waals surface area contributed by atoms with Crippen molar-refractivity contribution in [3.05, 3.63) is 37.0 Å². The zero-order chi connectivity index (χ0) is 23.5. The van der Waals surface area contributed by atoms with Crippen LogP contribution >= 0.6 is 0 Å². The second kappa shape index (κ2) is 12.9. The van der Waals surface area contributed by atoms with E-state index < -0.39 is 23.2 Å². The van der Waals surface area contributed by atoms with Gasteiger partial charge in [0.1, 0.15) is 12.9 Å². The maximum Gasteiger partial charge on any atom is 0.333 e. The molecule has 2 amide bonds. The summed E-state index contributed by atoms with van der Waals surface area (Å²) in [5.74, 6) is -1.96. The molecule has 0 aliphatic carbocycles. The molecule has 1 fully saturated rings. The molecule has 3 unspecified atom stereocenters. The average molecular weight is 422 g/mol. The molecule has 0 aromatic rings. The standard InChI is InChI=1S/C19H29NO5.C4H6O/c1-7-14-15(17(22)20(16(14)21)10-9-11-24-6)19(5,8-2)12-25-18(23)13(3)4;1-4(2)3-5/h8,14-15H,2-3,7,9-12H2,1,4-6H3;3H,1H2,2H3. The summed E-state index contributed by atoms with van der Waals surface area (Å²) in [5, 5.41) is 0. The molecule has 30 heavy (non-hydrogen) atoms. The molecular formula is C23H35NO6. The number of imide groups is 1. The number of hydrogen-bond donors (Lipinski definition) is 0. The average Bonchev–Trinajstić information content (AvgIpc) is 2.96. The predicted molar refractivity (Wildman–Crippen MR) is 115 cm³/mol. The van der Waals surface area contributed by atoms with Crippen LogP contribution in [-0.2, 0) is 28.7 Å². The van der Waals surface area contributed by atoms with E-state index in [9.17, 15) is 19.2 Å². The van der Waals surface area contributed by atoms with E-state index in [4.69, 9.17) is 9.47 Å². The van der Waals surface area contributed by atoms with Crippen molar-refractivity contribution < 1.29 is 28.7 Å². The van der Waals surface area contributed by atoms with Gasteiger partial charge in [0, 0.05) is 31.2 Å². The fourth-order valence-electron chi connectivity index (χ4n) is 3.15. The van der Waals surface area contributed by atoms with Crippen LogP contribution in [-0.4, -0.2) is 55.8 Å². The minimum absolute atomic E-state index is 0.0196. The minimum Gasteiger partial charge on any atom is -0.461 e. The number of hydrogen-bond acceptors (Lipinski definition) is 6. The van der Waals surface area contributed by atoms with Crippen LogP contribution in [0.15, 0.2) is 37.0 Å². The van der Waals surface area contributed by atoms with E-state index >= 15 is 0 Å². The molecule has 0 spiro atoms. The normalized spacial score (nSPS) is 20.0. The second-order valence-electron chi connectivity index (χ2n) is 7.70. The van der Waals surface area contributed by atoms with E-state index in [0.29, 0.717) is 31.6 Å². The number of amides is 2. The van der Waals surface area contributed by atoms with Crippen molar-refractivity contribution in [3.8, 4) is 0 Å². The molecule has 0 bridgehead atoms. The summed E-state index contributed by atoms with van der Waals surface area (Å²) < 4.78 is 10.3. The van der Waals surface area contributed by atoms with E-state index in [0.717, 1.165) is 6.29 Å². The van der Waals surface area contributed by atoms with Crippen LogP contribution in [0.2, 0.25) is 0 Å². The lowest BCUT2D eigenvalue weighted by molar-refractivity contribution is -0.146. The molecule has 0 N–H and O–H groups in total. The van der Waals surface area contributed by atoms with Gasteiger partial charge in [-0.15, -0.1) is 6.58 Å². The van der Waals surface area contributed by atoms with Gasteiger partial charge in [-0.2, -0.15) is 0 Å². The third-order valence-corrected chi connectivity index (χ3v) is 4.93. The number of likely N-dealkylation sites (tertiary alicyclic amines) is 1. The van der Waals surface area contributed by atoms with Crippen LogP contribution < -0.4 is 0 Å². The number of nitrogens with zero attached hydrogens (tertiary/aromatic N) is 1. The van der Waals surface area contributed by atoms with Crippen molar-refractivity contribution in [2.75, 3.05) is 26.9 Å². The fraction of sp³-hybridized carbons (Fsp3) is 0.565. The Morgan fingerprint density at radius 2 is 1.80 bits per heavy atom. The van der Waals surface area contributed by atoms with Gasteiger partial charge in [0.25, 0.3) is 0 Å². The van der Waals surface area contributed by atoms with Gasteiger partial charge in [0.2, 0.25) is 11.8 Å². The summed E-state index contributed by atoms with van der Waals surface area (Å²) in [6.45, 7) is 18.4. The maximum absolute atomic E-state index is 12.9. The monoisotopic (exact) mass is 421 g/mol. The molecular weight excluding hydrogens is 386 g/mol. The predicted octanol–water partition coefficient (Wildman–Crippen LogP) is 3.11. The highest BCUT2D eigenvalue weighted by atomic mass is 16.5. The largest absolute Gasteiger partial charge is 0.461 e. The quantitative estimate of drug-likeness (QED) is 0.127. The van der Waals surface area contributed by atoms with Crippen molar-refractivity contribution in [1.82, 2.24) is 4.90 Å². The molecule has 0 radical (unpaired) electrons. The third kappa shape index (κ3) is 7.37. The number of aldehydes is 1. The van der Waals surface area contributed by atoms with Crippen molar-refractivity contribution in [3.63, 3.8) is 0 Å². The number of esters is 1. The fourth-order valence-corrected chi connectivity index (χ4v) is 3.15. The number of carbonyl (C=O) groups is 4. The van der Waals surface area contributed by atoms with Crippen molar-refractivity contribution in [2.24, 2.45) is 17.3 Å². The van der Waals surface area contributed by atoms with E-state index in [1.165, 1.54) is 4.90 Å². The van der Waals surface area contributed by atoms with Crippen molar-refractivity contribution in [2.45, 2.75) is 40.5 Å². The molecule has 3 atom stereocenters. The zero-order valence-corrected chi connectivity index (χ0v) is 18.9. The lowest BCUT2D eigenvalue weighted by atomic mass is 9.71. The summed E-state index contributed by atoms with van der Waals surface area (Å²) in [6, 6.07) is 0. The lowest BCUT2D eigenvalue weighted by Gasteiger charge is -2.33. The molecule has 1 aliphatic heterocycles. The van der Waals surface area contributed by atoms with E-state index in [-0.39, 0.29) is 24.0 Å². The molecule has 168 valence electrons. The minimum atomic E-state index is -0.825. The summed E-state index contributed by atoms with van der Waals surface area (Å²) in [6.07, 6.45) is 3.45. The first-order valence-corrected chi connectivity index (χ1v) is 9.91. The van der Waals surface area contributed by atoms with Gasteiger partial charge < -0.3 is 9.47 Å². The van der Waals surface area contributed by atoms with Gasteiger partial charge in [0.05, 0.1) is 11.8 Å². The molecule has 0 saturated carbocycles. The lowest BCUT2D eigenvalue weighted by Crippen LogP contribution is -2.40. The third-order valence-electron chi connectivity index (χ3n) is 4.93. The Kier molecular flexibility index (Phi) is 11.8. The van der Waals surface area contributed by atoms with E-state index in [1.54, 1.807) is 34.0 Å². The Morgan fingerprint density at radius 1 is 1.23 bits per heavy atom. The molecule has 1 heterocycles. The number of methoxy groups -OCH3 is 1. The highest BCUT2D eigenvalue weighted by Gasteiger charge is 2.53. The first-order valence-electron chi connectivity index (χ1n) is 9.91. The van der Waals surface area contributed by atoms with Crippen LogP contribution in [0.1, 0.15) is 40.5 Å². The summed E-state index contributed by atoms with van der Waals surface area (Å²) in [7, 11) is 1.58. The number of allylic oxidation sites excluding steroid dienone is 1. The maximum atomic E-state index is 12.9. The van der Waals surface area contributed by atoms with Crippen LogP contribution in [0.5, 0.6) is 0 Å². The molecule has 7 nitrogen and oxygen atoms in total. The van der Waals surface area contributed by atoms with Crippen LogP contribution in [0.4, 0.5) is 0 Å². The van der Waals surface area contributed by atoms with Gasteiger partial charge in [0.15, 0.2) is 0 Å². The summed E-state index contributed by atoms with van der Waals surface area (Å²) in [4.78, 5) is 48.0. The van der Waals surface area contributed by atoms with E-state index in [2.05, 4.69) is 19.7 Å². The Bertz CT molecular complexity index is 683. The van der Waals surface area contributed by atoms with Gasteiger partial charge in [-0.1, -0.05) is 33.1 Å². The smallest absolute Gasteiger partial charge is 0.333 e. The molecule has 7 heteroatoms. The SMILES string of the molecule is C=C(C)C=O.C=CC(C)(COC(=O)C(=C)C)C1C(=O)N(CCCOC)C(=O)C1CC.